The smallest absolute Gasteiger partial charge is 0.306 e. The fourth-order valence-electron chi connectivity index (χ4n) is 8.83. The number of thiophene rings is 2. The van der Waals surface area contributed by atoms with Gasteiger partial charge in [-0.3, -0.25) is 19.6 Å². The van der Waals surface area contributed by atoms with Gasteiger partial charge in [-0.2, -0.15) is 0 Å². The van der Waals surface area contributed by atoms with Crippen molar-refractivity contribution in [2.45, 2.75) is 64.6 Å². The van der Waals surface area contributed by atoms with Gasteiger partial charge in [0.15, 0.2) is 0 Å². The maximum atomic E-state index is 14.7. The maximum absolute atomic E-state index is 14.7. The third kappa shape index (κ3) is 7.07. The van der Waals surface area contributed by atoms with Crippen LogP contribution in [0.2, 0.25) is 0 Å². The summed E-state index contributed by atoms with van der Waals surface area (Å²) in [5.74, 6) is -0.420. The first-order valence-electron chi connectivity index (χ1n) is 20.0. The van der Waals surface area contributed by atoms with E-state index in [1.54, 1.807) is 35.9 Å². The molecule has 1 fully saturated rings. The van der Waals surface area contributed by atoms with Crippen molar-refractivity contribution in [1.29, 1.82) is 0 Å². The number of hydrogen-bond donors (Lipinski definition) is 3. The Bertz CT molecular complexity index is 2790. The van der Waals surface area contributed by atoms with Crippen molar-refractivity contribution in [3.63, 3.8) is 0 Å². The number of carboxylic acids is 1. The lowest BCUT2D eigenvalue weighted by Crippen LogP contribution is -2.50. The number of benzene rings is 2. The van der Waals surface area contributed by atoms with E-state index in [9.17, 15) is 23.5 Å². The number of carbonyl (C=O) groups excluding carboxylic acids is 1. The van der Waals surface area contributed by atoms with Crippen LogP contribution in [-0.4, -0.2) is 80.0 Å². The van der Waals surface area contributed by atoms with Gasteiger partial charge in [-0.25, -0.2) is 28.7 Å². The molecule has 5 aliphatic rings. The first-order chi connectivity index (χ1) is 29.2. The number of hydrogen-bond acceptors (Lipinski definition) is 13. The lowest BCUT2D eigenvalue weighted by molar-refractivity contribution is -0.144. The summed E-state index contributed by atoms with van der Waals surface area (Å²) in [6.07, 6.45) is 10.5. The van der Waals surface area contributed by atoms with Gasteiger partial charge in [-0.05, 0) is 103 Å². The van der Waals surface area contributed by atoms with Crippen molar-refractivity contribution >= 4 is 90.4 Å². The van der Waals surface area contributed by atoms with Crippen molar-refractivity contribution in [2.24, 2.45) is 21.8 Å². The second-order valence-corrected chi connectivity index (χ2v) is 17.9. The minimum absolute atomic E-state index is 0.0241. The Kier molecular flexibility index (Phi) is 10.0. The van der Waals surface area contributed by atoms with Crippen LogP contribution in [0.4, 0.5) is 31.8 Å². The summed E-state index contributed by atoms with van der Waals surface area (Å²) in [6, 6.07) is 6.68. The number of halogens is 2. The number of carbonyl (C=O) groups is 2. The summed E-state index contributed by atoms with van der Waals surface area (Å²) in [5.41, 5.74) is 6.59. The summed E-state index contributed by atoms with van der Waals surface area (Å²) in [4.78, 5) is 56.4. The summed E-state index contributed by atoms with van der Waals surface area (Å²) >= 11 is 3.12. The standard InChI is InChI=1S/C24H24FN5O2S.C19H15FN4O2S/c1-13-11-32-5-4-30(13)24(31)14-2-3-17-20(8-14)33-23-21(17)22(27-12-28-23)29-19-7-16-10-26-9-15(16)6-18(19)25;20-13-3-10-6-21-7-11(10)4-14(13)24-17-16-12-2-1-9(19(25)26)5-15(12)27-18(16)23-8-22-17/h6-7,10,12-14H,2-5,8-9,11H2,1H3,(H,27,28,29);3-4,7-9H,1-2,5-6H2,(H,25,26)(H,22,23,24)/t13-,14-;9-/m00/s1. The molecule has 2 aliphatic carbocycles. The largest absolute Gasteiger partial charge is 0.481 e. The predicted octanol–water partition coefficient (Wildman–Crippen LogP) is 7.55. The van der Waals surface area contributed by atoms with E-state index in [1.165, 1.54) is 46.6 Å². The molecule has 0 radical (unpaired) electrons. The Hall–Kier alpha value is -5.78. The molecule has 60 heavy (non-hydrogen) atoms. The van der Waals surface area contributed by atoms with Crippen molar-refractivity contribution in [3.05, 3.63) is 91.7 Å². The number of morpholine rings is 1. The number of ether oxygens (including phenoxy) is 1. The molecule has 0 bridgehead atoms. The third-order valence-corrected chi connectivity index (χ3v) is 14.3. The number of nitrogens with zero attached hydrogens (tertiary/aromatic N) is 7. The molecule has 0 spiro atoms. The summed E-state index contributed by atoms with van der Waals surface area (Å²) in [5, 5.41) is 17.4. The number of anilines is 4. The molecule has 0 unspecified atom stereocenters. The fourth-order valence-corrected chi connectivity index (χ4v) is 11.4. The maximum Gasteiger partial charge on any atom is 0.306 e. The molecule has 1 amide bonds. The molecule has 3 atom stereocenters. The molecule has 4 aromatic heterocycles. The first kappa shape index (κ1) is 38.4. The van der Waals surface area contributed by atoms with Crippen LogP contribution in [-0.2, 0) is 53.1 Å². The highest BCUT2D eigenvalue weighted by molar-refractivity contribution is 7.19. The van der Waals surface area contributed by atoms with Crippen molar-refractivity contribution in [2.75, 3.05) is 30.4 Å². The van der Waals surface area contributed by atoms with Crippen LogP contribution in [0.15, 0.2) is 46.9 Å². The normalized spacial score (nSPS) is 20.0. The fraction of sp³-hybridized carbons (Fsp3) is 0.349. The highest BCUT2D eigenvalue weighted by Gasteiger charge is 2.35. The van der Waals surface area contributed by atoms with Gasteiger partial charge in [0.05, 0.1) is 60.4 Å². The molecule has 7 heterocycles. The average molecular weight is 848 g/mol. The zero-order valence-corrected chi connectivity index (χ0v) is 34.1. The van der Waals surface area contributed by atoms with E-state index < -0.39 is 5.97 Å². The second kappa shape index (κ2) is 15.7. The highest BCUT2D eigenvalue weighted by Crippen LogP contribution is 2.43. The van der Waals surface area contributed by atoms with Gasteiger partial charge < -0.3 is 25.4 Å². The number of aliphatic carboxylic acids is 1. The number of fused-ring (bicyclic) bond motifs is 8. The number of aliphatic imine (C=N–C) groups is 2. The molecule has 11 rings (SSSR count). The van der Waals surface area contributed by atoms with E-state index in [1.807, 2.05) is 11.8 Å². The van der Waals surface area contributed by atoms with Crippen LogP contribution in [0.5, 0.6) is 0 Å². The lowest BCUT2D eigenvalue weighted by atomic mass is 9.86. The van der Waals surface area contributed by atoms with Gasteiger partial charge in [-0.1, -0.05) is 0 Å². The molecular formula is C43H39F2N9O4S2. The van der Waals surface area contributed by atoms with Gasteiger partial charge >= 0.3 is 5.97 Å². The zero-order chi connectivity index (χ0) is 41.1. The molecule has 3 N–H and O–H groups in total. The molecule has 2 aromatic carbocycles. The third-order valence-electron chi connectivity index (χ3n) is 12.0. The van der Waals surface area contributed by atoms with E-state index in [2.05, 4.69) is 40.6 Å². The van der Waals surface area contributed by atoms with Crippen LogP contribution in [0.25, 0.3) is 20.4 Å². The Morgan fingerprint density at radius 2 is 1.32 bits per heavy atom. The average Bonchev–Trinajstić information content (AvgIpc) is 4.06. The molecular weight excluding hydrogens is 809 g/mol. The predicted molar refractivity (Wildman–Crippen MR) is 227 cm³/mol. The second-order valence-electron chi connectivity index (χ2n) is 15.7. The Labute approximate surface area is 350 Å². The van der Waals surface area contributed by atoms with Crippen molar-refractivity contribution in [3.8, 4) is 0 Å². The first-order valence-corrected chi connectivity index (χ1v) is 21.6. The number of aromatic nitrogens is 4. The van der Waals surface area contributed by atoms with Gasteiger partial charge in [0.1, 0.15) is 45.6 Å². The van der Waals surface area contributed by atoms with E-state index in [-0.39, 0.29) is 35.4 Å². The zero-order valence-electron chi connectivity index (χ0n) is 32.5. The molecule has 6 aromatic rings. The van der Waals surface area contributed by atoms with Crippen LogP contribution < -0.4 is 10.6 Å². The van der Waals surface area contributed by atoms with E-state index in [0.717, 1.165) is 66.0 Å². The van der Waals surface area contributed by atoms with Gasteiger partial charge in [0.25, 0.3) is 0 Å². The van der Waals surface area contributed by atoms with E-state index >= 15 is 0 Å². The summed E-state index contributed by atoms with van der Waals surface area (Å²) in [7, 11) is 0. The van der Waals surface area contributed by atoms with Gasteiger partial charge in [-0.15, -0.1) is 22.7 Å². The van der Waals surface area contributed by atoms with Crippen LogP contribution in [0.1, 0.15) is 62.9 Å². The number of carboxylic acid groups (broad SMARTS) is 1. The number of amides is 1. The van der Waals surface area contributed by atoms with E-state index in [4.69, 9.17) is 4.74 Å². The number of aryl methyl sites for hydroxylation is 2. The molecule has 0 saturated carbocycles. The topological polar surface area (TPSA) is 167 Å². The number of rotatable bonds is 6. The monoisotopic (exact) mass is 847 g/mol. The van der Waals surface area contributed by atoms with Crippen LogP contribution >= 0.6 is 22.7 Å². The Balaban J connectivity index is 0.000000147. The molecule has 306 valence electrons. The number of nitrogens with one attached hydrogen (secondary N) is 2. The minimum atomic E-state index is -0.760. The lowest BCUT2D eigenvalue weighted by Gasteiger charge is -2.36. The quantitative estimate of drug-likeness (QED) is 0.152. The molecule has 17 heteroatoms. The van der Waals surface area contributed by atoms with Crippen LogP contribution in [0.3, 0.4) is 0 Å². The van der Waals surface area contributed by atoms with Crippen molar-refractivity contribution < 1.29 is 28.2 Å². The SMILES string of the molecule is C[C@H]1COCCN1C(=O)[C@H]1CCc2c(sc3ncnc(Nc4cc5c(cc4F)CN=C5)c23)C1.O=C(O)[C@H]1CCc2c(sc3ncnc(Nc4cc5c(cc4F)CN=C5)c23)C1. The van der Waals surface area contributed by atoms with Gasteiger partial charge in [0, 0.05) is 34.6 Å². The van der Waals surface area contributed by atoms with Crippen molar-refractivity contribution in [1.82, 2.24) is 24.8 Å². The summed E-state index contributed by atoms with van der Waals surface area (Å²) in [6.45, 7) is 4.93. The Morgan fingerprint density at radius 3 is 1.85 bits per heavy atom. The molecule has 13 nitrogen and oxygen atoms in total. The van der Waals surface area contributed by atoms with Gasteiger partial charge in [0.2, 0.25) is 5.91 Å². The molecule has 3 aliphatic heterocycles. The van der Waals surface area contributed by atoms with Crippen LogP contribution in [0, 0.1) is 23.5 Å². The minimum Gasteiger partial charge on any atom is -0.481 e. The molecule has 1 saturated heterocycles. The Morgan fingerprint density at radius 1 is 0.783 bits per heavy atom. The van der Waals surface area contributed by atoms with E-state index in [0.29, 0.717) is 81.5 Å². The summed E-state index contributed by atoms with van der Waals surface area (Å²) < 4.78 is 34.7. The highest BCUT2D eigenvalue weighted by atomic mass is 32.1.